The van der Waals surface area contributed by atoms with Gasteiger partial charge in [0.05, 0.1) is 12.3 Å². The second-order valence-corrected chi connectivity index (χ2v) is 9.49. The number of rotatable bonds is 5. The van der Waals surface area contributed by atoms with Crippen LogP contribution in [-0.4, -0.2) is 53.0 Å². The number of benzene rings is 2. The van der Waals surface area contributed by atoms with Crippen molar-refractivity contribution in [2.75, 3.05) is 13.2 Å². The molecule has 5 rings (SSSR count). The minimum atomic E-state index is -2.25. The molecular formula is C26H29F4N5O4. The Morgan fingerprint density at radius 3 is 2.69 bits per heavy atom. The van der Waals surface area contributed by atoms with Crippen LogP contribution in [0.25, 0.3) is 0 Å². The van der Waals surface area contributed by atoms with Crippen LogP contribution in [0.15, 0.2) is 35.4 Å². The molecule has 2 aromatic rings. The minimum Gasteiger partial charge on any atom is -0.373 e. The number of nitrogens with zero attached hydrogens (tertiary/aromatic N) is 2. The van der Waals surface area contributed by atoms with Gasteiger partial charge in [0.2, 0.25) is 5.60 Å². The Morgan fingerprint density at radius 2 is 2.00 bits per heavy atom. The lowest BCUT2D eigenvalue weighted by molar-refractivity contribution is -0.155. The predicted octanol–water partition coefficient (Wildman–Crippen LogP) is 2.48. The van der Waals surface area contributed by atoms with E-state index in [2.05, 4.69) is 21.4 Å². The molecule has 0 saturated carbocycles. The molecule has 0 aromatic heterocycles. The third-order valence-electron chi connectivity index (χ3n) is 6.75. The average molecular weight is 552 g/mol. The van der Waals surface area contributed by atoms with Crippen molar-refractivity contribution in [1.82, 2.24) is 21.2 Å². The summed E-state index contributed by atoms with van der Waals surface area (Å²) in [6, 6.07) is 5.51. The predicted molar refractivity (Wildman–Crippen MR) is 132 cm³/mol. The zero-order valence-corrected chi connectivity index (χ0v) is 21.1. The van der Waals surface area contributed by atoms with E-state index in [1.54, 1.807) is 0 Å². The molecule has 3 heterocycles. The van der Waals surface area contributed by atoms with Gasteiger partial charge in [-0.1, -0.05) is 0 Å². The Balaban J connectivity index is 0.000000212. The average Bonchev–Trinajstić information content (AvgIpc) is 3.56. The van der Waals surface area contributed by atoms with Gasteiger partial charge in [0, 0.05) is 37.2 Å². The highest BCUT2D eigenvalue weighted by Crippen LogP contribution is 2.30. The number of aliphatic hydroxyl groups is 1. The molecule has 2 saturated heterocycles. The molecule has 0 aliphatic carbocycles. The van der Waals surface area contributed by atoms with Crippen molar-refractivity contribution in [3.63, 3.8) is 0 Å². The summed E-state index contributed by atoms with van der Waals surface area (Å²) < 4.78 is 58.9. The molecule has 2 fully saturated rings. The largest absolute Gasteiger partial charge is 0.373 e. The molecule has 210 valence electrons. The van der Waals surface area contributed by atoms with Crippen molar-refractivity contribution >= 4 is 18.0 Å². The van der Waals surface area contributed by atoms with E-state index < -0.39 is 41.0 Å². The van der Waals surface area contributed by atoms with Crippen molar-refractivity contribution in [2.45, 2.75) is 57.0 Å². The lowest BCUT2D eigenvalue weighted by Crippen LogP contribution is -2.56. The highest BCUT2D eigenvalue weighted by atomic mass is 19.1. The number of hydrazone groups is 1. The Morgan fingerprint density at radius 1 is 1.21 bits per heavy atom. The van der Waals surface area contributed by atoms with Crippen molar-refractivity contribution < 1.29 is 37.0 Å². The number of amides is 2. The molecule has 2 amide bonds. The zero-order valence-electron chi connectivity index (χ0n) is 21.1. The molecule has 3 aliphatic heterocycles. The van der Waals surface area contributed by atoms with Crippen LogP contribution in [0.5, 0.6) is 0 Å². The standard InChI is InChI=1S/C15H17F2N5O3.C11H12F2O/c1-8-4-10(16)5-9(12(8)17)6-18-13(23)15(25)2-3-22(14(15)24)11-7-19-21-20-11;12-8-4-5-10(13)9(7-8)11-3-1-2-6-14-11/h4-5,7,11,20-21,25H,2-3,6H2,1H3,(H,18,23);4-5,7,11H,1-3,6H2. The number of carbonyl (C=O) groups excluding carboxylic acids is 2. The molecule has 9 nitrogen and oxygen atoms in total. The molecule has 3 aliphatic rings. The van der Waals surface area contributed by atoms with Crippen LogP contribution in [0.2, 0.25) is 0 Å². The van der Waals surface area contributed by atoms with Crippen LogP contribution in [0.1, 0.15) is 48.5 Å². The number of aryl methyl sites for hydroxylation is 1. The highest BCUT2D eigenvalue weighted by molar-refractivity contribution is 6.10. The molecule has 13 heteroatoms. The summed E-state index contributed by atoms with van der Waals surface area (Å²) >= 11 is 0. The summed E-state index contributed by atoms with van der Waals surface area (Å²) in [5, 5.41) is 16.5. The fourth-order valence-electron chi connectivity index (χ4n) is 4.60. The molecule has 3 unspecified atom stereocenters. The lowest BCUT2D eigenvalue weighted by atomic mass is 10.0. The quantitative estimate of drug-likeness (QED) is 0.335. The molecule has 4 N–H and O–H groups in total. The topological polar surface area (TPSA) is 115 Å². The van der Waals surface area contributed by atoms with Gasteiger partial charge in [-0.2, -0.15) is 10.5 Å². The van der Waals surface area contributed by atoms with Gasteiger partial charge in [-0.05, 0) is 62.1 Å². The SMILES string of the molecule is Cc1cc(F)cc(CNC(=O)C2(O)CCN(C3C=NNN3)C2=O)c1F.Fc1ccc(F)c(C2CCCCO2)c1. The number of ether oxygens (including phenoxy) is 1. The first-order valence-corrected chi connectivity index (χ1v) is 12.5. The summed E-state index contributed by atoms with van der Waals surface area (Å²) in [5.74, 6) is -3.80. The Hall–Kier alpha value is -3.55. The first kappa shape index (κ1) is 28.5. The first-order chi connectivity index (χ1) is 18.6. The third kappa shape index (κ3) is 6.37. The van der Waals surface area contributed by atoms with E-state index in [1.807, 2.05) is 0 Å². The van der Waals surface area contributed by atoms with Crippen LogP contribution >= 0.6 is 0 Å². The number of hydrogen-bond donors (Lipinski definition) is 4. The van der Waals surface area contributed by atoms with E-state index >= 15 is 0 Å². The summed E-state index contributed by atoms with van der Waals surface area (Å²) in [6.45, 7) is 1.84. The van der Waals surface area contributed by atoms with Gasteiger partial charge in [0.25, 0.3) is 11.8 Å². The number of hydrogen-bond acceptors (Lipinski definition) is 7. The van der Waals surface area contributed by atoms with Gasteiger partial charge < -0.3 is 20.1 Å². The van der Waals surface area contributed by atoms with Crippen molar-refractivity contribution in [3.05, 3.63) is 70.3 Å². The van der Waals surface area contributed by atoms with Crippen LogP contribution in [-0.2, 0) is 20.9 Å². The van der Waals surface area contributed by atoms with Crippen LogP contribution in [0, 0.1) is 30.2 Å². The van der Waals surface area contributed by atoms with Crippen molar-refractivity contribution in [1.29, 1.82) is 0 Å². The zero-order chi connectivity index (χ0) is 28.2. The Bertz CT molecular complexity index is 1260. The van der Waals surface area contributed by atoms with Gasteiger partial charge in [0.1, 0.15) is 29.4 Å². The number of likely N-dealkylation sites (tertiary alicyclic amines) is 1. The highest BCUT2D eigenvalue weighted by Gasteiger charge is 2.53. The maximum atomic E-state index is 14.0. The number of halogens is 4. The molecular weight excluding hydrogens is 522 g/mol. The smallest absolute Gasteiger partial charge is 0.266 e. The van der Waals surface area contributed by atoms with Crippen molar-refractivity contribution in [3.8, 4) is 0 Å². The van der Waals surface area contributed by atoms with E-state index in [0.717, 1.165) is 43.5 Å². The van der Waals surface area contributed by atoms with Gasteiger partial charge in [-0.15, -0.1) is 0 Å². The van der Waals surface area contributed by atoms with Crippen LogP contribution < -0.4 is 16.3 Å². The molecule has 0 spiro atoms. The molecule has 39 heavy (non-hydrogen) atoms. The number of nitrogens with one attached hydrogen (secondary N) is 3. The van der Waals surface area contributed by atoms with E-state index in [1.165, 1.54) is 24.1 Å². The fraction of sp³-hybridized carbons (Fsp3) is 0.423. The number of hydrazine groups is 1. The molecule has 0 radical (unpaired) electrons. The number of carbonyl (C=O) groups is 2. The fourth-order valence-corrected chi connectivity index (χ4v) is 4.60. The third-order valence-corrected chi connectivity index (χ3v) is 6.75. The summed E-state index contributed by atoms with van der Waals surface area (Å²) in [4.78, 5) is 26.0. The van der Waals surface area contributed by atoms with E-state index in [4.69, 9.17) is 4.74 Å². The van der Waals surface area contributed by atoms with E-state index in [-0.39, 0.29) is 42.6 Å². The molecule has 0 bridgehead atoms. The first-order valence-electron chi connectivity index (χ1n) is 12.5. The molecule has 2 aromatic carbocycles. The van der Waals surface area contributed by atoms with Crippen LogP contribution in [0.3, 0.4) is 0 Å². The maximum Gasteiger partial charge on any atom is 0.266 e. The molecule has 3 atom stereocenters. The van der Waals surface area contributed by atoms with Crippen molar-refractivity contribution in [2.24, 2.45) is 5.10 Å². The minimum absolute atomic E-state index is 0.0643. The second-order valence-electron chi connectivity index (χ2n) is 9.49. The summed E-state index contributed by atoms with van der Waals surface area (Å²) in [6.07, 6.45) is 3.27. The maximum absolute atomic E-state index is 14.0. The van der Waals surface area contributed by atoms with Crippen LogP contribution in [0.4, 0.5) is 17.6 Å². The normalized spacial score (nSPS) is 24.3. The Labute approximate surface area is 222 Å². The van der Waals surface area contributed by atoms with Gasteiger partial charge >= 0.3 is 0 Å². The second kappa shape index (κ2) is 12.1. The van der Waals surface area contributed by atoms with Gasteiger partial charge in [-0.3, -0.25) is 9.59 Å². The van der Waals surface area contributed by atoms with Gasteiger partial charge in [0.15, 0.2) is 0 Å². The summed E-state index contributed by atoms with van der Waals surface area (Å²) in [5.41, 5.74) is 3.27. The Kier molecular flexibility index (Phi) is 8.83. The lowest BCUT2D eigenvalue weighted by Gasteiger charge is -2.24. The van der Waals surface area contributed by atoms with E-state index in [9.17, 15) is 32.3 Å². The van der Waals surface area contributed by atoms with Gasteiger partial charge in [-0.25, -0.2) is 23.1 Å². The monoisotopic (exact) mass is 551 g/mol. The summed E-state index contributed by atoms with van der Waals surface area (Å²) in [7, 11) is 0. The van der Waals surface area contributed by atoms with E-state index in [0.29, 0.717) is 12.2 Å².